The molecule has 0 atom stereocenters. The number of rotatable bonds is 5. The van der Waals surface area contributed by atoms with E-state index in [1.54, 1.807) is 40.6 Å². The van der Waals surface area contributed by atoms with Gasteiger partial charge < -0.3 is 9.80 Å². The molecule has 0 radical (unpaired) electrons. The lowest BCUT2D eigenvalue weighted by Crippen LogP contribution is -2.49. The molecule has 0 spiro atoms. The Labute approximate surface area is 237 Å². The predicted octanol–water partition coefficient (Wildman–Crippen LogP) is 5.46. The van der Waals surface area contributed by atoms with Crippen molar-refractivity contribution in [2.75, 3.05) is 44.2 Å². The molecule has 2 aliphatic heterocycles. The number of benzene rings is 2. The lowest BCUT2D eigenvalue weighted by molar-refractivity contribution is -0.137. The van der Waals surface area contributed by atoms with Crippen LogP contribution in [0.1, 0.15) is 39.8 Å². The van der Waals surface area contributed by atoms with Crippen molar-refractivity contribution in [1.82, 2.24) is 14.2 Å². The molecule has 0 aliphatic carbocycles. The van der Waals surface area contributed by atoms with Crippen LogP contribution in [0, 0.1) is 0 Å². The predicted molar refractivity (Wildman–Crippen MR) is 147 cm³/mol. The summed E-state index contributed by atoms with van der Waals surface area (Å²) in [5.41, 5.74) is 0.152. The lowest BCUT2D eigenvalue weighted by atomic mass is 9.99. The number of alkyl halides is 3. The monoisotopic (exact) mass is 642 g/mol. The first-order valence-corrected chi connectivity index (χ1v) is 15.6. The van der Waals surface area contributed by atoms with Crippen molar-refractivity contribution < 1.29 is 26.4 Å². The van der Waals surface area contributed by atoms with Gasteiger partial charge in [0, 0.05) is 60.7 Å². The van der Waals surface area contributed by atoms with Crippen LogP contribution in [0.3, 0.4) is 0 Å². The molecule has 208 valence electrons. The molecule has 1 aromatic heterocycles. The highest BCUT2D eigenvalue weighted by molar-refractivity contribution is 9.10. The molecule has 2 aromatic carbocycles. The van der Waals surface area contributed by atoms with Crippen molar-refractivity contribution >= 4 is 48.9 Å². The van der Waals surface area contributed by atoms with Crippen LogP contribution < -0.4 is 4.90 Å². The third kappa shape index (κ3) is 6.16. The van der Waals surface area contributed by atoms with E-state index in [-0.39, 0.29) is 16.7 Å². The van der Waals surface area contributed by atoms with Crippen LogP contribution in [0.5, 0.6) is 0 Å². The average Bonchev–Trinajstić information content (AvgIpc) is 3.43. The van der Waals surface area contributed by atoms with Crippen molar-refractivity contribution in [2.45, 2.75) is 29.8 Å². The number of piperazine rings is 1. The third-order valence-corrected chi connectivity index (χ3v) is 10.5. The highest BCUT2D eigenvalue weighted by Crippen LogP contribution is 2.34. The summed E-state index contributed by atoms with van der Waals surface area (Å²) in [5.74, 6) is -0.123. The van der Waals surface area contributed by atoms with Crippen LogP contribution in [0.15, 0.2) is 63.3 Å². The molecule has 0 bridgehead atoms. The third-order valence-electron chi connectivity index (χ3n) is 7.10. The Bertz CT molecular complexity index is 1430. The molecule has 39 heavy (non-hydrogen) atoms. The van der Waals surface area contributed by atoms with Crippen LogP contribution in [-0.2, 0) is 16.2 Å². The van der Waals surface area contributed by atoms with E-state index < -0.39 is 21.8 Å². The standard InChI is InChI=1S/C26H26BrF3N4O3S2/c27-20-4-6-22(7-5-20)39(36,37)34-10-8-18(9-11-34)24-31-23(17-38-24)25(35)33-14-12-32(13-15-33)21-3-1-2-19(16-21)26(28,29)30/h1-7,16-18H,8-15H2. The molecule has 3 aromatic rings. The number of hydrogen-bond donors (Lipinski definition) is 0. The molecule has 2 fully saturated rings. The van der Waals surface area contributed by atoms with Crippen LogP contribution in [0.2, 0.25) is 0 Å². The number of amides is 1. The number of thiazole rings is 1. The summed E-state index contributed by atoms with van der Waals surface area (Å²) >= 11 is 4.73. The van der Waals surface area contributed by atoms with Crippen LogP contribution in [0.25, 0.3) is 0 Å². The van der Waals surface area contributed by atoms with Crippen LogP contribution >= 0.6 is 27.3 Å². The van der Waals surface area contributed by atoms with Crippen molar-refractivity contribution in [1.29, 1.82) is 0 Å². The van der Waals surface area contributed by atoms with Gasteiger partial charge in [0.05, 0.1) is 15.5 Å². The van der Waals surface area contributed by atoms with Gasteiger partial charge in [-0.05, 0) is 55.3 Å². The summed E-state index contributed by atoms with van der Waals surface area (Å²) < 4.78 is 67.5. The quantitative estimate of drug-likeness (QED) is 0.370. The Kier molecular flexibility index (Phi) is 8.05. The zero-order valence-electron chi connectivity index (χ0n) is 20.8. The van der Waals surface area contributed by atoms with E-state index in [1.165, 1.54) is 21.7 Å². The number of hydrogen-bond acceptors (Lipinski definition) is 6. The maximum atomic E-state index is 13.1. The number of piperidine rings is 1. The van der Waals surface area contributed by atoms with E-state index in [0.29, 0.717) is 63.5 Å². The molecule has 5 rings (SSSR count). The molecular weight excluding hydrogens is 617 g/mol. The van der Waals surface area contributed by atoms with E-state index in [4.69, 9.17) is 0 Å². The van der Waals surface area contributed by atoms with Crippen molar-refractivity contribution in [3.8, 4) is 0 Å². The summed E-state index contributed by atoms with van der Waals surface area (Å²) in [7, 11) is -3.57. The molecule has 3 heterocycles. The van der Waals surface area contributed by atoms with Crippen molar-refractivity contribution in [3.63, 3.8) is 0 Å². The number of carbonyl (C=O) groups is 1. The first-order chi connectivity index (χ1) is 18.5. The van der Waals surface area contributed by atoms with Gasteiger partial charge in [-0.2, -0.15) is 17.5 Å². The second-order valence-corrected chi connectivity index (χ2v) is 13.3. The Morgan fingerprint density at radius 1 is 0.974 bits per heavy atom. The van der Waals surface area contributed by atoms with Gasteiger partial charge in [-0.3, -0.25) is 4.79 Å². The molecule has 13 heteroatoms. The Morgan fingerprint density at radius 2 is 1.64 bits per heavy atom. The summed E-state index contributed by atoms with van der Waals surface area (Å²) in [5, 5.41) is 2.56. The number of aromatic nitrogens is 1. The van der Waals surface area contributed by atoms with Gasteiger partial charge in [-0.1, -0.05) is 22.0 Å². The fourth-order valence-corrected chi connectivity index (χ4v) is 7.58. The van der Waals surface area contributed by atoms with E-state index in [2.05, 4.69) is 20.9 Å². The zero-order valence-corrected chi connectivity index (χ0v) is 24.0. The first-order valence-electron chi connectivity index (χ1n) is 12.4. The Morgan fingerprint density at radius 3 is 2.28 bits per heavy atom. The lowest BCUT2D eigenvalue weighted by Gasteiger charge is -2.36. The number of carbonyl (C=O) groups excluding carboxylic acids is 1. The van der Waals surface area contributed by atoms with Gasteiger partial charge >= 0.3 is 6.18 Å². The summed E-state index contributed by atoms with van der Waals surface area (Å²) in [6, 6.07) is 11.8. The average molecular weight is 644 g/mol. The number of nitrogens with zero attached hydrogens (tertiary/aromatic N) is 4. The highest BCUT2D eigenvalue weighted by atomic mass is 79.9. The van der Waals surface area contributed by atoms with Gasteiger partial charge in [0.1, 0.15) is 5.69 Å². The minimum Gasteiger partial charge on any atom is -0.368 e. The smallest absolute Gasteiger partial charge is 0.368 e. The zero-order chi connectivity index (χ0) is 27.8. The molecule has 0 N–H and O–H groups in total. The fraction of sp³-hybridized carbons (Fsp3) is 0.385. The number of halogens is 4. The number of sulfonamides is 1. The van der Waals surface area contributed by atoms with Crippen molar-refractivity contribution in [3.05, 3.63) is 74.6 Å². The van der Waals surface area contributed by atoms with E-state index in [0.717, 1.165) is 21.6 Å². The normalized spacial score (nSPS) is 17.9. The van der Waals surface area contributed by atoms with E-state index in [1.807, 2.05) is 4.90 Å². The number of anilines is 1. The molecule has 1 amide bonds. The Hall–Kier alpha value is -2.48. The van der Waals surface area contributed by atoms with Gasteiger partial charge in [0.2, 0.25) is 10.0 Å². The molecular formula is C26H26BrF3N4O3S2. The molecule has 2 aliphatic rings. The largest absolute Gasteiger partial charge is 0.416 e. The van der Waals surface area contributed by atoms with Crippen LogP contribution in [0.4, 0.5) is 18.9 Å². The van der Waals surface area contributed by atoms with Gasteiger partial charge in [-0.25, -0.2) is 13.4 Å². The second-order valence-electron chi connectivity index (χ2n) is 9.53. The highest BCUT2D eigenvalue weighted by Gasteiger charge is 2.33. The summed E-state index contributed by atoms with van der Waals surface area (Å²) in [6.45, 7) is 2.38. The van der Waals surface area contributed by atoms with Crippen molar-refractivity contribution in [2.24, 2.45) is 0 Å². The van der Waals surface area contributed by atoms with Crippen LogP contribution in [-0.4, -0.2) is 67.8 Å². The summed E-state index contributed by atoms with van der Waals surface area (Å²) in [4.78, 5) is 21.5. The van der Waals surface area contributed by atoms with E-state index in [9.17, 15) is 26.4 Å². The second kappa shape index (κ2) is 11.2. The van der Waals surface area contributed by atoms with Gasteiger partial charge in [0.15, 0.2) is 0 Å². The molecule has 7 nitrogen and oxygen atoms in total. The van der Waals surface area contributed by atoms with E-state index >= 15 is 0 Å². The molecule has 0 unspecified atom stereocenters. The fourth-order valence-electron chi connectivity index (χ4n) is 4.88. The Balaban J connectivity index is 1.16. The SMILES string of the molecule is O=C(c1csc(C2CCN(S(=O)(=O)c3ccc(Br)cc3)CC2)n1)N1CCN(c2cccc(C(F)(F)F)c2)CC1. The molecule has 0 saturated carbocycles. The van der Waals surface area contributed by atoms with Gasteiger partial charge in [-0.15, -0.1) is 11.3 Å². The van der Waals surface area contributed by atoms with Gasteiger partial charge in [0.25, 0.3) is 5.91 Å². The minimum atomic E-state index is -4.40. The molecule has 2 saturated heterocycles. The maximum absolute atomic E-state index is 13.1. The topological polar surface area (TPSA) is 73.8 Å². The maximum Gasteiger partial charge on any atom is 0.416 e. The summed E-state index contributed by atoms with van der Waals surface area (Å²) in [6.07, 6.45) is -3.17. The first kappa shape index (κ1) is 28.1. The minimum absolute atomic E-state index is 0.0747.